The number of rotatable bonds is 6. The number of carbonyl (C=O) groups excluding carboxylic acids is 1. The second-order valence-electron chi connectivity index (χ2n) is 6.05. The van der Waals surface area contributed by atoms with Crippen LogP contribution >= 0.6 is 22.9 Å². The molecule has 0 aliphatic carbocycles. The molecule has 0 unspecified atom stereocenters. The number of thiophene rings is 1. The van der Waals surface area contributed by atoms with Crippen LogP contribution in [0.5, 0.6) is 0 Å². The van der Waals surface area contributed by atoms with E-state index in [1.165, 1.54) is 11.3 Å². The van der Waals surface area contributed by atoms with Gasteiger partial charge in [0.05, 0.1) is 15.4 Å². The van der Waals surface area contributed by atoms with E-state index in [9.17, 15) is 4.79 Å². The van der Waals surface area contributed by atoms with Gasteiger partial charge in [-0.1, -0.05) is 41.9 Å². The predicted molar refractivity (Wildman–Crippen MR) is 115 cm³/mol. The fourth-order valence-electron chi connectivity index (χ4n) is 2.83. The van der Waals surface area contributed by atoms with Crippen molar-refractivity contribution in [2.24, 2.45) is 0 Å². The van der Waals surface area contributed by atoms with Crippen molar-refractivity contribution in [2.75, 3.05) is 18.4 Å². The number of para-hydroxylation sites is 1. The van der Waals surface area contributed by atoms with Gasteiger partial charge in [-0.3, -0.25) is 4.79 Å². The molecular weight excluding hydrogens is 392 g/mol. The van der Waals surface area contributed by atoms with Gasteiger partial charge in [0.2, 0.25) is 0 Å². The number of benzene rings is 2. The molecule has 0 radical (unpaired) electrons. The number of fused-ring (bicyclic) bond motifs is 1. The molecule has 7 heteroatoms. The second-order valence-corrected chi connectivity index (χ2v) is 7.41. The molecule has 0 atom stereocenters. The van der Waals surface area contributed by atoms with Crippen LogP contribution < -0.4 is 10.6 Å². The highest BCUT2D eigenvalue weighted by Crippen LogP contribution is 2.29. The van der Waals surface area contributed by atoms with Gasteiger partial charge in [0, 0.05) is 24.0 Å². The maximum Gasteiger partial charge on any atom is 0.261 e. The zero-order valence-electron chi connectivity index (χ0n) is 14.9. The third-order valence-electron chi connectivity index (χ3n) is 4.17. The van der Waals surface area contributed by atoms with Crippen LogP contribution in [0.15, 0.2) is 66.0 Å². The molecule has 28 heavy (non-hydrogen) atoms. The first-order valence-electron chi connectivity index (χ1n) is 8.79. The van der Waals surface area contributed by atoms with Crippen molar-refractivity contribution in [3.8, 4) is 11.4 Å². The van der Waals surface area contributed by atoms with E-state index in [0.29, 0.717) is 34.6 Å². The van der Waals surface area contributed by atoms with E-state index >= 15 is 0 Å². The highest BCUT2D eigenvalue weighted by Gasteiger charge is 2.11. The molecule has 0 saturated heterocycles. The Morgan fingerprint density at radius 3 is 2.61 bits per heavy atom. The normalized spacial score (nSPS) is 10.8. The Balaban J connectivity index is 1.54. The molecular formula is C21H17ClN4OS. The standard InChI is InChI=1S/C21H17ClN4OS/c22-16-8-3-1-6-14(16)20-25-17-9-4-2-7-15(17)19(26-20)23-11-12-24-21(27)18-10-5-13-28-18/h1-10,13H,11-12H2,(H,24,27)(H,23,25,26). The maximum atomic E-state index is 12.0. The monoisotopic (exact) mass is 408 g/mol. The third kappa shape index (κ3) is 3.98. The Labute approximate surface area is 171 Å². The predicted octanol–water partition coefficient (Wildman–Crippen LogP) is 4.85. The average molecular weight is 409 g/mol. The van der Waals surface area contributed by atoms with Gasteiger partial charge in [-0.05, 0) is 35.7 Å². The van der Waals surface area contributed by atoms with Crippen molar-refractivity contribution in [2.45, 2.75) is 0 Å². The number of anilines is 1. The van der Waals surface area contributed by atoms with Crippen LogP contribution in [0.2, 0.25) is 5.02 Å². The number of hydrogen-bond acceptors (Lipinski definition) is 5. The van der Waals surface area contributed by atoms with Crippen LogP contribution in [-0.4, -0.2) is 29.0 Å². The lowest BCUT2D eigenvalue weighted by atomic mass is 10.2. The van der Waals surface area contributed by atoms with Gasteiger partial charge < -0.3 is 10.6 Å². The lowest BCUT2D eigenvalue weighted by molar-refractivity contribution is 0.0959. The molecule has 0 fully saturated rings. The summed E-state index contributed by atoms with van der Waals surface area (Å²) < 4.78 is 0. The number of aromatic nitrogens is 2. The molecule has 0 spiro atoms. The summed E-state index contributed by atoms with van der Waals surface area (Å²) in [5.41, 5.74) is 1.61. The smallest absolute Gasteiger partial charge is 0.261 e. The highest BCUT2D eigenvalue weighted by atomic mass is 35.5. The number of nitrogens with one attached hydrogen (secondary N) is 2. The quantitative estimate of drug-likeness (QED) is 0.447. The second kappa shape index (κ2) is 8.37. The third-order valence-corrected chi connectivity index (χ3v) is 5.36. The molecule has 5 nitrogen and oxygen atoms in total. The van der Waals surface area contributed by atoms with E-state index in [4.69, 9.17) is 11.6 Å². The van der Waals surface area contributed by atoms with Crippen LogP contribution in [0, 0.1) is 0 Å². The fraction of sp³-hybridized carbons (Fsp3) is 0.0952. The Morgan fingerprint density at radius 1 is 0.964 bits per heavy atom. The largest absolute Gasteiger partial charge is 0.368 e. The van der Waals surface area contributed by atoms with E-state index in [2.05, 4.69) is 20.6 Å². The molecule has 1 amide bonds. The van der Waals surface area contributed by atoms with Gasteiger partial charge in [0.25, 0.3) is 5.91 Å². The zero-order chi connectivity index (χ0) is 19.3. The Morgan fingerprint density at radius 2 is 1.79 bits per heavy atom. The molecule has 4 rings (SSSR count). The summed E-state index contributed by atoms with van der Waals surface area (Å²) in [5.74, 6) is 1.21. The first kappa shape index (κ1) is 18.4. The molecule has 0 bridgehead atoms. The number of nitrogens with zero attached hydrogens (tertiary/aromatic N) is 2. The van der Waals surface area contributed by atoms with E-state index in [-0.39, 0.29) is 5.91 Å². The number of amides is 1. The Kier molecular flexibility index (Phi) is 5.50. The summed E-state index contributed by atoms with van der Waals surface area (Å²) in [4.78, 5) is 22.1. The van der Waals surface area contributed by atoms with Crippen LogP contribution in [0.1, 0.15) is 9.67 Å². The number of hydrogen-bond donors (Lipinski definition) is 2. The van der Waals surface area contributed by atoms with Crippen LogP contribution in [0.4, 0.5) is 5.82 Å². The van der Waals surface area contributed by atoms with Crippen molar-refractivity contribution >= 4 is 45.6 Å². The van der Waals surface area contributed by atoms with Gasteiger partial charge in [-0.2, -0.15) is 0 Å². The van der Waals surface area contributed by atoms with Crippen molar-refractivity contribution in [1.29, 1.82) is 0 Å². The molecule has 0 saturated carbocycles. The van der Waals surface area contributed by atoms with E-state index in [1.54, 1.807) is 6.07 Å². The lowest BCUT2D eigenvalue weighted by Gasteiger charge is -2.12. The molecule has 140 valence electrons. The van der Waals surface area contributed by atoms with Crippen LogP contribution in [0.25, 0.3) is 22.3 Å². The van der Waals surface area contributed by atoms with Gasteiger partial charge in [-0.15, -0.1) is 11.3 Å². The van der Waals surface area contributed by atoms with E-state index in [1.807, 2.05) is 60.0 Å². The van der Waals surface area contributed by atoms with Crippen molar-refractivity contribution in [3.05, 3.63) is 75.9 Å². The van der Waals surface area contributed by atoms with Crippen LogP contribution in [-0.2, 0) is 0 Å². The van der Waals surface area contributed by atoms with Crippen molar-refractivity contribution in [1.82, 2.24) is 15.3 Å². The minimum absolute atomic E-state index is 0.0684. The lowest BCUT2D eigenvalue weighted by Crippen LogP contribution is -2.28. The zero-order valence-corrected chi connectivity index (χ0v) is 16.4. The fourth-order valence-corrected chi connectivity index (χ4v) is 3.69. The topological polar surface area (TPSA) is 66.9 Å². The van der Waals surface area contributed by atoms with Gasteiger partial charge in [-0.25, -0.2) is 9.97 Å². The number of halogens is 1. The Hall–Kier alpha value is -2.96. The number of carbonyl (C=O) groups is 1. The average Bonchev–Trinajstić information content (AvgIpc) is 3.26. The molecule has 0 aliphatic rings. The molecule has 0 aliphatic heterocycles. The minimum atomic E-state index is -0.0684. The molecule has 4 aromatic rings. The van der Waals surface area contributed by atoms with Gasteiger partial charge in [0.15, 0.2) is 5.82 Å². The van der Waals surface area contributed by atoms with Gasteiger partial charge in [0.1, 0.15) is 5.82 Å². The van der Waals surface area contributed by atoms with E-state index in [0.717, 1.165) is 16.5 Å². The van der Waals surface area contributed by atoms with Crippen molar-refractivity contribution in [3.63, 3.8) is 0 Å². The Bertz CT molecular complexity index is 1110. The van der Waals surface area contributed by atoms with E-state index < -0.39 is 0 Å². The SMILES string of the molecule is O=C(NCCNc1nc(-c2ccccc2Cl)nc2ccccc12)c1cccs1. The first-order chi connectivity index (χ1) is 13.7. The summed E-state index contributed by atoms with van der Waals surface area (Å²) in [6.07, 6.45) is 0. The summed E-state index contributed by atoms with van der Waals surface area (Å²) in [5, 5.41) is 9.62. The molecule has 2 heterocycles. The summed E-state index contributed by atoms with van der Waals surface area (Å²) in [7, 11) is 0. The molecule has 2 aromatic heterocycles. The summed E-state index contributed by atoms with van der Waals surface area (Å²) in [6, 6.07) is 19.0. The minimum Gasteiger partial charge on any atom is -0.368 e. The van der Waals surface area contributed by atoms with Crippen molar-refractivity contribution < 1.29 is 4.79 Å². The highest BCUT2D eigenvalue weighted by molar-refractivity contribution is 7.12. The first-order valence-corrected chi connectivity index (χ1v) is 10.1. The summed E-state index contributed by atoms with van der Waals surface area (Å²) in [6.45, 7) is 1.02. The van der Waals surface area contributed by atoms with Crippen LogP contribution in [0.3, 0.4) is 0 Å². The van der Waals surface area contributed by atoms with Gasteiger partial charge >= 0.3 is 0 Å². The maximum absolute atomic E-state index is 12.0. The molecule has 2 N–H and O–H groups in total. The molecule has 2 aromatic carbocycles. The summed E-state index contributed by atoms with van der Waals surface area (Å²) >= 11 is 7.75.